The minimum absolute atomic E-state index is 0.133. The number of morpholine rings is 1. The van der Waals surface area contributed by atoms with Crippen molar-refractivity contribution in [3.05, 3.63) is 51.6 Å². The van der Waals surface area contributed by atoms with Gasteiger partial charge in [0.2, 0.25) is 5.91 Å². The number of nitrogens with zero attached hydrogens (tertiary/aromatic N) is 3. The van der Waals surface area contributed by atoms with Crippen molar-refractivity contribution in [2.75, 3.05) is 42.6 Å². The molecule has 0 spiro atoms. The maximum Gasteiger partial charge on any atom is 0.252 e. The highest BCUT2D eigenvalue weighted by Crippen LogP contribution is 2.30. The Hall–Kier alpha value is -2.81. The molecule has 0 bridgehead atoms. The Morgan fingerprint density at radius 3 is 2.67 bits per heavy atom. The molecule has 1 amide bonds. The number of carbonyl (C=O) groups is 1. The Bertz CT molecular complexity index is 941. The molecule has 27 heavy (non-hydrogen) atoms. The molecule has 1 aromatic carbocycles. The zero-order chi connectivity index (χ0) is 19.0. The van der Waals surface area contributed by atoms with E-state index in [9.17, 15) is 18.4 Å². The van der Waals surface area contributed by atoms with E-state index in [1.54, 1.807) is 0 Å². The second kappa shape index (κ2) is 7.07. The van der Waals surface area contributed by atoms with Gasteiger partial charge in [0.15, 0.2) is 11.6 Å². The van der Waals surface area contributed by atoms with Crippen LogP contribution in [0.15, 0.2) is 23.0 Å². The SMILES string of the molecule is O=C(Cc1nc(N2CCOCC2)cc(=O)[nH]1)N1CCc2cc(F)c(F)cc21. The fourth-order valence-electron chi connectivity index (χ4n) is 3.41. The first-order chi connectivity index (χ1) is 13.0. The Balaban J connectivity index is 1.55. The van der Waals surface area contributed by atoms with E-state index >= 15 is 0 Å². The zero-order valence-corrected chi connectivity index (χ0v) is 14.5. The highest BCUT2D eigenvalue weighted by atomic mass is 19.2. The summed E-state index contributed by atoms with van der Waals surface area (Å²) < 4.78 is 32.2. The summed E-state index contributed by atoms with van der Waals surface area (Å²) in [5.41, 5.74) is 0.612. The van der Waals surface area contributed by atoms with Crippen molar-refractivity contribution < 1.29 is 18.3 Å². The highest BCUT2D eigenvalue weighted by molar-refractivity contribution is 5.96. The Morgan fingerprint density at radius 2 is 1.89 bits per heavy atom. The number of aromatic nitrogens is 2. The summed E-state index contributed by atoms with van der Waals surface area (Å²) in [6.45, 7) is 2.68. The Morgan fingerprint density at radius 1 is 1.15 bits per heavy atom. The van der Waals surface area contributed by atoms with Crippen LogP contribution in [0.4, 0.5) is 20.3 Å². The van der Waals surface area contributed by atoms with Crippen LogP contribution in [-0.2, 0) is 22.4 Å². The van der Waals surface area contributed by atoms with Crippen molar-refractivity contribution in [1.29, 1.82) is 0 Å². The number of H-pyrrole nitrogens is 1. The van der Waals surface area contributed by atoms with Crippen LogP contribution >= 0.6 is 0 Å². The molecule has 0 atom stereocenters. The zero-order valence-electron chi connectivity index (χ0n) is 14.5. The summed E-state index contributed by atoms with van der Waals surface area (Å²) in [5.74, 6) is -1.51. The number of hydrogen-bond donors (Lipinski definition) is 1. The molecule has 0 radical (unpaired) electrons. The van der Waals surface area contributed by atoms with Crippen molar-refractivity contribution in [1.82, 2.24) is 9.97 Å². The van der Waals surface area contributed by atoms with Gasteiger partial charge >= 0.3 is 0 Å². The number of rotatable bonds is 3. The van der Waals surface area contributed by atoms with Gasteiger partial charge in [0, 0.05) is 31.8 Å². The first-order valence-electron chi connectivity index (χ1n) is 8.72. The second-order valence-corrected chi connectivity index (χ2v) is 6.52. The Kier molecular flexibility index (Phi) is 4.61. The number of anilines is 2. The maximum atomic E-state index is 13.6. The van der Waals surface area contributed by atoms with Crippen LogP contribution in [0.25, 0.3) is 0 Å². The molecule has 0 unspecified atom stereocenters. The quantitative estimate of drug-likeness (QED) is 0.865. The smallest absolute Gasteiger partial charge is 0.252 e. The molecule has 9 heteroatoms. The van der Waals surface area contributed by atoms with E-state index in [0.717, 1.165) is 12.1 Å². The minimum Gasteiger partial charge on any atom is -0.378 e. The first kappa shape index (κ1) is 17.6. The molecule has 3 heterocycles. The van der Waals surface area contributed by atoms with Crippen LogP contribution in [-0.4, -0.2) is 48.7 Å². The van der Waals surface area contributed by atoms with Gasteiger partial charge in [-0.25, -0.2) is 13.8 Å². The van der Waals surface area contributed by atoms with Crippen molar-refractivity contribution in [2.24, 2.45) is 0 Å². The number of fused-ring (bicyclic) bond motifs is 1. The maximum absolute atomic E-state index is 13.6. The number of amides is 1. The molecular formula is C18H18F2N4O3. The molecule has 1 aromatic heterocycles. The second-order valence-electron chi connectivity index (χ2n) is 6.52. The highest BCUT2D eigenvalue weighted by Gasteiger charge is 2.27. The molecule has 142 valence electrons. The number of benzene rings is 1. The number of hydrogen-bond acceptors (Lipinski definition) is 5. The van der Waals surface area contributed by atoms with E-state index in [4.69, 9.17) is 4.74 Å². The van der Waals surface area contributed by atoms with E-state index in [1.807, 2.05) is 4.90 Å². The lowest BCUT2D eigenvalue weighted by Crippen LogP contribution is -2.38. The molecular weight excluding hydrogens is 358 g/mol. The van der Waals surface area contributed by atoms with Gasteiger partial charge in [-0.15, -0.1) is 0 Å². The lowest BCUT2D eigenvalue weighted by Gasteiger charge is -2.27. The van der Waals surface area contributed by atoms with Crippen molar-refractivity contribution in [3.8, 4) is 0 Å². The van der Waals surface area contributed by atoms with Gasteiger partial charge in [-0.1, -0.05) is 0 Å². The van der Waals surface area contributed by atoms with Gasteiger partial charge in [-0.05, 0) is 18.1 Å². The van der Waals surface area contributed by atoms with Gasteiger partial charge in [-0.3, -0.25) is 9.59 Å². The van der Waals surface area contributed by atoms with Crippen molar-refractivity contribution in [2.45, 2.75) is 12.8 Å². The molecule has 2 aliphatic heterocycles. The summed E-state index contributed by atoms with van der Waals surface area (Å²) in [5, 5.41) is 0. The van der Waals surface area contributed by atoms with Crippen LogP contribution in [0.3, 0.4) is 0 Å². The predicted molar refractivity (Wildman–Crippen MR) is 94.0 cm³/mol. The monoisotopic (exact) mass is 376 g/mol. The molecule has 4 rings (SSSR count). The lowest BCUT2D eigenvalue weighted by molar-refractivity contribution is -0.118. The molecule has 2 aromatic rings. The van der Waals surface area contributed by atoms with Gasteiger partial charge < -0.3 is 19.5 Å². The van der Waals surface area contributed by atoms with Gasteiger partial charge in [0.25, 0.3) is 5.56 Å². The molecule has 0 aliphatic carbocycles. The normalized spacial score (nSPS) is 16.5. The van der Waals surface area contributed by atoms with Crippen LogP contribution in [0.1, 0.15) is 11.4 Å². The Labute approximate surface area is 153 Å². The van der Waals surface area contributed by atoms with E-state index < -0.39 is 11.6 Å². The standard InChI is InChI=1S/C18H18F2N4O3/c19-12-7-11-1-2-24(14(11)8-13(12)20)18(26)9-15-21-16(10-17(25)22-15)23-3-5-27-6-4-23/h7-8,10H,1-6,9H2,(H,21,22,25). The molecule has 1 saturated heterocycles. The number of nitrogens with one attached hydrogen (secondary N) is 1. The third kappa shape index (κ3) is 3.55. The van der Waals surface area contributed by atoms with Gasteiger partial charge in [0.05, 0.1) is 25.3 Å². The largest absolute Gasteiger partial charge is 0.378 e. The topological polar surface area (TPSA) is 78.5 Å². The molecule has 1 fully saturated rings. The van der Waals surface area contributed by atoms with Crippen molar-refractivity contribution >= 4 is 17.4 Å². The van der Waals surface area contributed by atoms with Crippen molar-refractivity contribution in [3.63, 3.8) is 0 Å². The molecule has 7 nitrogen and oxygen atoms in total. The van der Waals surface area contributed by atoms with Crippen LogP contribution in [0.2, 0.25) is 0 Å². The number of halogens is 2. The predicted octanol–water partition coefficient (Wildman–Crippen LogP) is 1.02. The summed E-state index contributed by atoms with van der Waals surface area (Å²) in [6, 6.07) is 3.55. The fraction of sp³-hybridized carbons (Fsp3) is 0.389. The van der Waals surface area contributed by atoms with Crippen LogP contribution < -0.4 is 15.4 Å². The van der Waals surface area contributed by atoms with E-state index in [-0.39, 0.29) is 23.7 Å². The summed E-state index contributed by atoms with van der Waals surface area (Å²) in [6.07, 6.45) is 0.321. The summed E-state index contributed by atoms with van der Waals surface area (Å²) in [4.78, 5) is 35.0. The van der Waals surface area contributed by atoms with Gasteiger partial charge in [0.1, 0.15) is 11.6 Å². The summed E-state index contributed by atoms with van der Waals surface area (Å²) >= 11 is 0. The number of aromatic amines is 1. The average molecular weight is 376 g/mol. The first-order valence-corrected chi connectivity index (χ1v) is 8.72. The van der Waals surface area contributed by atoms with E-state index in [2.05, 4.69) is 9.97 Å². The van der Waals surface area contributed by atoms with E-state index in [1.165, 1.54) is 11.0 Å². The summed E-state index contributed by atoms with van der Waals surface area (Å²) in [7, 11) is 0. The van der Waals surface area contributed by atoms with Crippen LogP contribution in [0.5, 0.6) is 0 Å². The molecule has 2 aliphatic rings. The third-order valence-electron chi connectivity index (χ3n) is 4.75. The van der Waals surface area contributed by atoms with E-state index in [0.29, 0.717) is 56.3 Å². The molecule has 1 N–H and O–H groups in total. The molecule has 0 saturated carbocycles. The third-order valence-corrected chi connectivity index (χ3v) is 4.75. The van der Waals surface area contributed by atoms with Crippen LogP contribution in [0, 0.1) is 11.6 Å². The number of ether oxygens (including phenoxy) is 1. The fourth-order valence-corrected chi connectivity index (χ4v) is 3.41. The minimum atomic E-state index is -0.991. The average Bonchev–Trinajstić information content (AvgIpc) is 3.05. The van der Waals surface area contributed by atoms with Gasteiger partial charge in [-0.2, -0.15) is 0 Å². The lowest BCUT2D eigenvalue weighted by atomic mass is 10.1. The number of carbonyl (C=O) groups excluding carboxylic acids is 1.